The van der Waals surface area contributed by atoms with Crippen molar-refractivity contribution in [3.63, 3.8) is 0 Å². The highest BCUT2D eigenvalue weighted by molar-refractivity contribution is 7.17. The average molecular weight is 448 g/mol. The molecule has 0 saturated carbocycles. The molecule has 4 heterocycles. The van der Waals surface area contributed by atoms with Gasteiger partial charge in [-0.05, 0) is 35.2 Å². The van der Waals surface area contributed by atoms with E-state index in [1.165, 1.54) is 32.1 Å². The maximum atomic E-state index is 6.09. The fourth-order valence-electron chi connectivity index (χ4n) is 4.59. The van der Waals surface area contributed by atoms with Crippen molar-refractivity contribution in [2.45, 2.75) is 32.7 Å². The maximum absolute atomic E-state index is 6.09. The van der Waals surface area contributed by atoms with Crippen molar-refractivity contribution in [1.29, 1.82) is 0 Å². The van der Waals surface area contributed by atoms with Gasteiger partial charge in [0.25, 0.3) is 0 Å². The van der Waals surface area contributed by atoms with Crippen molar-refractivity contribution in [2.24, 2.45) is 0 Å². The Labute approximate surface area is 190 Å². The molecule has 2 aliphatic heterocycles. The Balaban J connectivity index is 1.33. The van der Waals surface area contributed by atoms with Crippen LogP contribution in [0.5, 0.6) is 0 Å². The fourth-order valence-corrected chi connectivity index (χ4v) is 6.09. The molecule has 0 unspecified atom stereocenters. The Bertz CT molecular complexity index is 1210. The van der Waals surface area contributed by atoms with Crippen LogP contribution in [0, 0.1) is 0 Å². The Hall–Kier alpha value is -2.67. The van der Waals surface area contributed by atoms with E-state index in [0.717, 1.165) is 50.1 Å². The van der Waals surface area contributed by atoms with E-state index in [9.17, 15) is 0 Å². The van der Waals surface area contributed by atoms with Gasteiger partial charge in [-0.2, -0.15) is 5.10 Å². The predicted octanol–water partition coefficient (Wildman–Crippen LogP) is 5.20. The van der Waals surface area contributed by atoms with E-state index in [1.54, 1.807) is 6.33 Å². The molecule has 31 heavy (non-hydrogen) atoms. The molecule has 7 heteroatoms. The molecule has 4 aromatic rings. The number of nitrogens with zero attached hydrogens (tertiary/aromatic N) is 5. The summed E-state index contributed by atoms with van der Waals surface area (Å²) in [7, 11) is 0. The van der Waals surface area contributed by atoms with Gasteiger partial charge >= 0.3 is 0 Å². The largest absolute Gasteiger partial charge is 0.339 e. The fraction of sp³-hybridized carbons (Fsp3) is 0.250. The minimum atomic E-state index is 0.720. The summed E-state index contributed by atoms with van der Waals surface area (Å²) in [5, 5.41) is 6.59. The van der Waals surface area contributed by atoms with Crippen LogP contribution in [-0.4, -0.2) is 26.2 Å². The quantitative estimate of drug-likeness (QED) is 0.431. The molecule has 2 aromatic carbocycles. The van der Waals surface area contributed by atoms with E-state index in [2.05, 4.69) is 62.3 Å². The zero-order chi connectivity index (χ0) is 20.8. The lowest BCUT2D eigenvalue weighted by Crippen LogP contribution is -2.31. The van der Waals surface area contributed by atoms with Crippen LogP contribution in [-0.2, 0) is 32.7 Å². The lowest BCUT2D eigenvalue weighted by molar-refractivity contribution is 0.249. The first-order chi connectivity index (χ1) is 15.2. The Morgan fingerprint density at radius 1 is 0.968 bits per heavy atom. The second-order valence-corrected chi connectivity index (χ2v) is 9.70. The van der Waals surface area contributed by atoms with E-state index in [4.69, 9.17) is 11.6 Å². The zero-order valence-electron chi connectivity index (χ0n) is 17.0. The Morgan fingerprint density at radius 3 is 2.61 bits per heavy atom. The second-order valence-electron chi connectivity index (χ2n) is 8.18. The van der Waals surface area contributed by atoms with E-state index < -0.39 is 0 Å². The van der Waals surface area contributed by atoms with Gasteiger partial charge in [0, 0.05) is 36.1 Å². The molecule has 0 saturated heterocycles. The minimum Gasteiger partial charge on any atom is -0.339 e. The summed E-state index contributed by atoms with van der Waals surface area (Å²) >= 11 is 8.02. The van der Waals surface area contributed by atoms with Gasteiger partial charge in [0.1, 0.15) is 18.0 Å². The third-order valence-corrected chi connectivity index (χ3v) is 7.61. The van der Waals surface area contributed by atoms with Crippen molar-refractivity contribution >= 4 is 27.9 Å². The van der Waals surface area contributed by atoms with Gasteiger partial charge in [0.15, 0.2) is 5.82 Å². The summed E-state index contributed by atoms with van der Waals surface area (Å²) in [5.41, 5.74) is 5.36. The Kier molecular flexibility index (Phi) is 4.78. The number of hydrogen-bond donors (Lipinski definition) is 0. The van der Waals surface area contributed by atoms with Crippen LogP contribution >= 0.6 is 22.9 Å². The van der Waals surface area contributed by atoms with Gasteiger partial charge in [-0.15, -0.1) is 11.3 Å². The number of thiophene rings is 1. The third-order valence-electron chi connectivity index (χ3n) is 6.08. The van der Waals surface area contributed by atoms with Gasteiger partial charge in [-0.25, -0.2) is 9.67 Å². The van der Waals surface area contributed by atoms with Crippen LogP contribution in [0.4, 0.5) is 5.00 Å². The molecule has 0 aliphatic carbocycles. The number of aromatic nitrogens is 3. The zero-order valence-corrected chi connectivity index (χ0v) is 18.6. The molecule has 0 N–H and O–H groups in total. The first kappa shape index (κ1) is 19.0. The molecule has 0 atom stereocenters. The van der Waals surface area contributed by atoms with Crippen molar-refractivity contribution in [3.05, 3.63) is 87.5 Å². The molecule has 5 nitrogen and oxygen atoms in total. The van der Waals surface area contributed by atoms with Gasteiger partial charge in [0.05, 0.1) is 5.56 Å². The van der Waals surface area contributed by atoms with Crippen LogP contribution in [0.25, 0.3) is 11.4 Å². The first-order valence-electron chi connectivity index (χ1n) is 10.5. The number of fused-ring (bicyclic) bond motifs is 5. The van der Waals surface area contributed by atoms with Gasteiger partial charge < -0.3 is 4.90 Å². The number of anilines is 1. The molecular formula is C24H22ClN5S. The lowest BCUT2D eigenvalue weighted by atomic mass is 10.0. The molecule has 2 aromatic heterocycles. The van der Waals surface area contributed by atoms with Crippen molar-refractivity contribution < 1.29 is 0 Å². The Morgan fingerprint density at radius 2 is 1.77 bits per heavy atom. The first-order valence-corrected chi connectivity index (χ1v) is 11.7. The normalized spacial score (nSPS) is 15.5. The van der Waals surface area contributed by atoms with E-state index in [1.807, 2.05) is 28.2 Å². The van der Waals surface area contributed by atoms with Crippen LogP contribution in [0.15, 0.2) is 60.9 Å². The summed E-state index contributed by atoms with van der Waals surface area (Å²) < 4.78 is 2.03. The van der Waals surface area contributed by atoms with E-state index in [-0.39, 0.29) is 0 Å². The standard InChI is InChI=1S/C24H22ClN5S/c25-19-8-6-18(7-9-19)13-29-16-30-23(26-15-27-30)22-20-10-11-28(14-21(20)31-24(22)29)12-17-4-2-1-3-5-17/h1-9,15H,10-14,16H2. The highest BCUT2D eigenvalue weighted by Gasteiger charge is 2.33. The summed E-state index contributed by atoms with van der Waals surface area (Å²) in [5.74, 6) is 1.01. The van der Waals surface area contributed by atoms with Gasteiger partial charge in [0.2, 0.25) is 0 Å². The second kappa shape index (κ2) is 7.79. The highest BCUT2D eigenvalue weighted by Crippen LogP contribution is 2.47. The van der Waals surface area contributed by atoms with Crippen molar-refractivity contribution in [3.8, 4) is 11.4 Å². The third kappa shape index (κ3) is 3.55. The number of rotatable bonds is 4. The number of halogens is 1. The smallest absolute Gasteiger partial charge is 0.163 e. The molecule has 0 fully saturated rings. The van der Waals surface area contributed by atoms with E-state index in [0.29, 0.717) is 0 Å². The molecular weight excluding hydrogens is 426 g/mol. The van der Waals surface area contributed by atoms with Crippen LogP contribution in [0.1, 0.15) is 21.6 Å². The topological polar surface area (TPSA) is 37.2 Å². The van der Waals surface area contributed by atoms with Gasteiger partial charge in [-0.3, -0.25) is 4.90 Å². The molecule has 156 valence electrons. The molecule has 0 radical (unpaired) electrons. The lowest BCUT2D eigenvalue weighted by Gasteiger charge is -2.30. The van der Waals surface area contributed by atoms with E-state index >= 15 is 0 Å². The molecule has 2 aliphatic rings. The average Bonchev–Trinajstić information content (AvgIpc) is 3.40. The molecule has 6 rings (SSSR count). The summed E-state index contributed by atoms with van der Waals surface area (Å²) in [6.07, 6.45) is 2.73. The van der Waals surface area contributed by atoms with Crippen molar-refractivity contribution in [2.75, 3.05) is 11.4 Å². The molecule has 0 spiro atoms. The van der Waals surface area contributed by atoms with Crippen LogP contribution in [0.3, 0.4) is 0 Å². The molecule has 0 amide bonds. The molecule has 0 bridgehead atoms. The predicted molar refractivity (Wildman–Crippen MR) is 125 cm³/mol. The summed E-state index contributed by atoms with van der Waals surface area (Å²) in [6.45, 7) is 4.60. The van der Waals surface area contributed by atoms with Crippen molar-refractivity contribution in [1.82, 2.24) is 19.7 Å². The minimum absolute atomic E-state index is 0.720. The maximum Gasteiger partial charge on any atom is 0.163 e. The highest BCUT2D eigenvalue weighted by atomic mass is 35.5. The van der Waals surface area contributed by atoms with Gasteiger partial charge in [-0.1, -0.05) is 54.1 Å². The number of benzene rings is 2. The monoisotopic (exact) mass is 447 g/mol. The van der Waals surface area contributed by atoms with Crippen LogP contribution in [0.2, 0.25) is 5.02 Å². The summed E-state index contributed by atoms with van der Waals surface area (Å²) in [4.78, 5) is 11.1. The van der Waals surface area contributed by atoms with Crippen LogP contribution < -0.4 is 4.90 Å². The SMILES string of the molecule is Clc1ccc(CN2Cn3ncnc3-c3c2sc2c3CCN(Cc3ccccc3)C2)cc1. The number of hydrogen-bond acceptors (Lipinski definition) is 5. The summed E-state index contributed by atoms with van der Waals surface area (Å²) in [6, 6.07) is 18.9.